The van der Waals surface area contributed by atoms with Crippen LogP contribution in [0.4, 0.5) is 0 Å². The molecule has 0 aliphatic carbocycles. The molecular formula is C24H26N4O2. The second-order valence-electron chi connectivity index (χ2n) is 7.53. The highest BCUT2D eigenvalue weighted by Crippen LogP contribution is 2.27. The smallest absolute Gasteiger partial charge is 0.213 e. The molecule has 1 N–H and O–H groups in total. The quantitative estimate of drug-likeness (QED) is 0.538. The van der Waals surface area contributed by atoms with Crippen LogP contribution in [-0.4, -0.2) is 31.3 Å². The van der Waals surface area contributed by atoms with Gasteiger partial charge >= 0.3 is 0 Å². The number of rotatable bonds is 5. The van der Waals surface area contributed by atoms with Gasteiger partial charge in [0.25, 0.3) is 0 Å². The minimum absolute atomic E-state index is 0.468. The monoisotopic (exact) mass is 402 g/mol. The highest BCUT2D eigenvalue weighted by molar-refractivity contribution is 5.45. The standard InChI is InChI=1S/C24H26N4O2/c1-15-9-10-16(2)27(15)21-13-19(24(29)20-7-6-8-23(25-20)30-5)14-22(26-21)28-17(3)11-12-18(28)4/h6-14,24,29H,1-5H3. The van der Waals surface area contributed by atoms with Crippen molar-refractivity contribution in [1.29, 1.82) is 0 Å². The summed E-state index contributed by atoms with van der Waals surface area (Å²) in [6.07, 6.45) is -0.909. The van der Waals surface area contributed by atoms with Crippen molar-refractivity contribution in [3.63, 3.8) is 0 Å². The van der Waals surface area contributed by atoms with Crippen molar-refractivity contribution in [1.82, 2.24) is 19.1 Å². The van der Waals surface area contributed by atoms with Crippen LogP contribution in [0.25, 0.3) is 11.6 Å². The number of aliphatic hydroxyl groups is 1. The van der Waals surface area contributed by atoms with Crippen LogP contribution in [0.15, 0.2) is 54.6 Å². The van der Waals surface area contributed by atoms with Gasteiger partial charge in [-0.05, 0) is 75.7 Å². The Labute approximate surface area is 176 Å². The van der Waals surface area contributed by atoms with Crippen LogP contribution in [-0.2, 0) is 0 Å². The molecule has 4 aromatic heterocycles. The number of aromatic nitrogens is 4. The van der Waals surface area contributed by atoms with Crippen molar-refractivity contribution in [2.45, 2.75) is 33.8 Å². The first-order chi connectivity index (χ1) is 14.4. The second kappa shape index (κ2) is 7.80. The normalized spacial score (nSPS) is 12.2. The van der Waals surface area contributed by atoms with Crippen molar-refractivity contribution in [2.75, 3.05) is 7.11 Å². The molecule has 0 bridgehead atoms. The number of nitrogens with zero attached hydrogens (tertiary/aromatic N) is 4. The fourth-order valence-electron chi connectivity index (χ4n) is 3.84. The zero-order valence-electron chi connectivity index (χ0n) is 17.9. The summed E-state index contributed by atoms with van der Waals surface area (Å²) in [5.74, 6) is 1.99. The molecule has 0 saturated heterocycles. The van der Waals surface area contributed by atoms with Gasteiger partial charge in [-0.1, -0.05) is 6.07 Å². The molecule has 0 fully saturated rings. The average molecular weight is 402 g/mol. The molecular weight excluding hydrogens is 376 g/mol. The first-order valence-electron chi connectivity index (χ1n) is 9.90. The lowest BCUT2D eigenvalue weighted by molar-refractivity contribution is 0.213. The Kier molecular flexibility index (Phi) is 5.18. The van der Waals surface area contributed by atoms with Gasteiger partial charge in [-0.25, -0.2) is 9.97 Å². The summed E-state index contributed by atoms with van der Waals surface area (Å²) in [5, 5.41) is 11.2. The molecule has 6 nitrogen and oxygen atoms in total. The van der Waals surface area contributed by atoms with E-state index in [1.807, 2.05) is 45.9 Å². The second-order valence-corrected chi connectivity index (χ2v) is 7.53. The first kappa shape index (κ1) is 19.9. The zero-order valence-corrected chi connectivity index (χ0v) is 17.9. The maximum Gasteiger partial charge on any atom is 0.213 e. The summed E-state index contributed by atoms with van der Waals surface area (Å²) in [4.78, 5) is 9.36. The van der Waals surface area contributed by atoms with Crippen LogP contribution in [0.1, 0.15) is 40.1 Å². The van der Waals surface area contributed by atoms with E-state index < -0.39 is 6.10 Å². The molecule has 6 heteroatoms. The first-order valence-corrected chi connectivity index (χ1v) is 9.90. The lowest BCUT2D eigenvalue weighted by Crippen LogP contribution is -2.11. The zero-order chi connectivity index (χ0) is 21.4. The minimum atomic E-state index is -0.909. The van der Waals surface area contributed by atoms with E-state index in [1.165, 1.54) is 0 Å². The Morgan fingerprint density at radius 1 is 0.767 bits per heavy atom. The molecule has 0 aliphatic rings. The van der Waals surface area contributed by atoms with Gasteiger partial charge in [-0.15, -0.1) is 0 Å². The molecule has 154 valence electrons. The van der Waals surface area contributed by atoms with Crippen LogP contribution in [0, 0.1) is 27.7 Å². The predicted octanol–water partition coefficient (Wildman–Crippen LogP) is 4.38. The van der Waals surface area contributed by atoms with Gasteiger partial charge in [0.05, 0.1) is 12.8 Å². The van der Waals surface area contributed by atoms with Crippen molar-refractivity contribution in [3.05, 3.63) is 88.6 Å². The summed E-state index contributed by atoms with van der Waals surface area (Å²) >= 11 is 0. The maximum atomic E-state index is 11.2. The van der Waals surface area contributed by atoms with Crippen molar-refractivity contribution >= 4 is 0 Å². The molecule has 0 spiro atoms. The summed E-state index contributed by atoms with van der Waals surface area (Å²) in [7, 11) is 1.57. The van der Waals surface area contributed by atoms with Gasteiger partial charge in [-0.2, -0.15) is 0 Å². The van der Waals surface area contributed by atoms with E-state index in [0.717, 1.165) is 40.0 Å². The van der Waals surface area contributed by atoms with E-state index in [1.54, 1.807) is 19.2 Å². The van der Waals surface area contributed by atoms with Crippen molar-refractivity contribution < 1.29 is 9.84 Å². The van der Waals surface area contributed by atoms with Gasteiger partial charge in [-0.3, -0.25) is 0 Å². The summed E-state index contributed by atoms with van der Waals surface area (Å²) in [6, 6.07) is 17.5. The summed E-state index contributed by atoms with van der Waals surface area (Å²) in [5.41, 5.74) is 5.57. The number of aryl methyl sites for hydroxylation is 4. The highest BCUT2D eigenvalue weighted by Gasteiger charge is 2.18. The molecule has 30 heavy (non-hydrogen) atoms. The molecule has 0 aliphatic heterocycles. The van der Waals surface area contributed by atoms with E-state index in [9.17, 15) is 5.11 Å². The Morgan fingerprint density at radius 2 is 1.27 bits per heavy atom. The Hall–Kier alpha value is -3.38. The number of ether oxygens (including phenoxy) is 1. The lowest BCUT2D eigenvalue weighted by atomic mass is 10.1. The van der Waals surface area contributed by atoms with Crippen molar-refractivity contribution in [3.8, 4) is 17.5 Å². The van der Waals surface area contributed by atoms with E-state index in [2.05, 4.69) is 38.4 Å². The van der Waals surface area contributed by atoms with Gasteiger partial charge in [0.15, 0.2) is 0 Å². The molecule has 4 aromatic rings. The van der Waals surface area contributed by atoms with Gasteiger partial charge in [0.2, 0.25) is 5.88 Å². The molecule has 0 amide bonds. The van der Waals surface area contributed by atoms with Gasteiger partial charge in [0.1, 0.15) is 17.7 Å². The van der Waals surface area contributed by atoms with E-state index in [4.69, 9.17) is 9.72 Å². The SMILES string of the molecule is COc1cccc(C(O)c2cc(-n3c(C)ccc3C)nc(-n3c(C)ccc3C)c2)n1. The molecule has 4 rings (SSSR count). The van der Waals surface area contributed by atoms with E-state index >= 15 is 0 Å². The number of hydrogen-bond acceptors (Lipinski definition) is 4. The van der Waals surface area contributed by atoms with Gasteiger partial charge < -0.3 is 19.0 Å². The average Bonchev–Trinajstić information content (AvgIpc) is 3.27. The molecule has 0 radical (unpaired) electrons. The van der Waals surface area contributed by atoms with Crippen LogP contribution < -0.4 is 4.74 Å². The number of hydrogen-bond donors (Lipinski definition) is 1. The topological polar surface area (TPSA) is 65.1 Å². The Morgan fingerprint density at radius 3 is 1.73 bits per heavy atom. The largest absolute Gasteiger partial charge is 0.481 e. The summed E-state index contributed by atoms with van der Waals surface area (Å²) < 4.78 is 9.41. The van der Waals surface area contributed by atoms with E-state index in [-0.39, 0.29) is 0 Å². The van der Waals surface area contributed by atoms with Crippen LogP contribution in [0.5, 0.6) is 5.88 Å². The fraction of sp³-hybridized carbons (Fsp3) is 0.250. The fourth-order valence-corrected chi connectivity index (χ4v) is 3.84. The molecule has 1 atom stereocenters. The molecule has 4 heterocycles. The third-order valence-electron chi connectivity index (χ3n) is 5.37. The van der Waals surface area contributed by atoms with Crippen LogP contribution in [0.2, 0.25) is 0 Å². The Balaban J connectivity index is 1.92. The third-order valence-corrected chi connectivity index (χ3v) is 5.37. The number of aliphatic hydroxyl groups excluding tert-OH is 1. The third kappa shape index (κ3) is 3.50. The number of pyridine rings is 2. The lowest BCUT2D eigenvalue weighted by Gasteiger charge is -2.18. The molecule has 0 aromatic carbocycles. The Bertz CT molecular complexity index is 1100. The van der Waals surface area contributed by atoms with E-state index in [0.29, 0.717) is 11.6 Å². The minimum Gasteiger partial charge on any atom is -0.481 e. The summed E-state index contributed by atoms with van der Waals surface area (Å²) in [6.45, 7) is 8.20. The van der Waals surface area contributed by atoms with Crippen molar-refractivity contribution in [2.24, 2.45) is 0 Å². The number of methoxy groups -OCH3 is 1. The predicted molar refractivity (Wildman–Crippen MR) is 117 cm³/mol. The molecule has 0 saturated carbocycles. The maximum absolute atomic E-state index is 11.2. The van der Waals surface area contributed by atoms with Gasteiger partial charge in [0, 0.05) is 28.8 Å². The highest BCUT2D eigenvalue weighted by atomic mass is 16.5. The van der Waals surface area contributed by atoms with Crippen LogP contribution in [0.3, 0.4) is 0 Å². The van der Waals surface area contributed by atoms with Crippen LogP contribution >= 0.6 is 0 Å². The molecule has 1 unspecified atom stereocenters.